The lowest BCUT2D eigenvalue weighted by molar-refractivity contribution is 0.0282. The number of hydrogen-bond donors (Lipinski definition) is 1. The molecule has 2 N–H and O–H groups in total. The van der Waals surface area contributed by atoms with Gasteiger partial charge in [-0.1, -0.05) is 12.6 Å². The largest absolute Gasteiger partial charge is 0.444 e. The van der Waals surface area contributed by atoms with Gasteiger partial charge in [0.25, 0.3) is 0 Å². The Morgan fingerprint density at radius 2 is 1.93 bits per heavy atom. The van der Waals surface area contributed by atoms with Crippen LogP contribution in [0.2, 0.25) is 0 Å². The second kappa shape index (κ2) is 13.3. The Bertz CT molecular complexity index is 1610. The van der Waals surface area contributed by atoms with E-state index in [9.17, 15) is 13.6 Å². The number of nitrogens with two attached hydrogens (primary N) is 1. The van der Waals surface area contributed by atoms with E-state index in [-0.39, 0.29) is 24.4 Å². The number of rotatable bonds is 10. The number of aliphatic imine (C=N–C) groups is 1. The molecule has 0 unspecified atom stereocenters. The molecule has 2 heterocycles. The van der Waals surface area contributed by atoms with E-state index < -0.39 is 29.5 Å². The van der Waals surface area contributed by atoms with Crippen molar-refractivity contribution in [2.75, 3.05) is 14.1 Å². The van der Waals surface area contributed by atoms with E-state index in [0.717, 1.165) is 23.0 Å². The normalized spacial score (nSPS) is 17.7. The first-order chi connectivity index (χ1) is 20.7. The third-order valence-corrected chi connectivity index (χ3v) is 8.06. The van der Waals surface area contributed by atoms with Gasteiger partial charge in [-0.05, 0) is 112 Å². The van der Waals surface area contributed by atoms with Crippen molar-refractivity contribution >= 4 is 17.5 Å². The number of amides is 1. The van der Waals surface area contributed by atoms with Crippen LogP contribution in [0.4, 0.5) is 18.0 Å². The molecule has 0 bridgehead atoms. The molecule has 236 valence electrons. The number of aromatic nitrogens is 2. The highest BCUT2D eigenvalue weighted by atomic mass is 19.2. The zero-order chi connectivity index (χ0) is 32.3. The SMILES string of the molecule is C=C(/C(N)=C(\CCCc1c(-c2ccc3ncc(CN(C)C(=O)OC(C)(C)C)n3c2)ccc(F)c1F)C(C)=NC)C1CC(F)C1. The van der Waals surface area contributed by atoms with Gasteiger partial charge in [-0.15, -0.1) is 0 Å². The number of benzene rings is 1. The Hall–Kier alpha value is -4.08. The van der Waals surface area contributed by atoms with Gasteiger partial charge < -0.3 is 19.8 Å². The van der Waals surface area contributed by atoms with E-state index in [1.54, 1.807) is 53.2 Å². The van der Waals surface area contributed by atoms with Gasteiger partial charge in [0.05, 0.1) is 18.4 Å². The minimum atomic E-state index is -0.923. The molecule has 4 rings (SSSR count). The van der Waals surface area contributed by atoms with Crippen molar-refractivity contribution in [2.24, 2.45) is 16.6 Å². The third-order valence-electron chi connectivity index (χ3n) is 8.06. The molecule has 10 heteroatoms. The van der Waals surface area contributed by atoms with Crippen LogP contribution in [0.5, 0.6) is 0 Å². The van der Waals surface area contributed by atoms with E-state index in [4.69, 9.17) is 10.5 Å². The molecule has 1 aromatic carbocycles. The molecule has 0 saturated heterocycles. The molecule has 0 atom stereocenters. The Labute approximate surface area is 257 Å². The quantitative estimate of drug-likeness (QED) is 0.190. The van der Waals surface area contributed by atoms with Gasteiger partial charge in [0.1, 0.15) is 17.4 Å². The summed E-state index contributed by atoms with van der Waals surface area (Å²) in [5, 5.41) is 0. The number of nitrogens with zero attached hydrogens (tertiary/aromatic N) is 4. The van der Waals surface area contributed by atoms with Crippen LogP contribution in [0.15, 0.2) is 65.1 Å². The van der Waals surface area contributed by atoms with Crippen molar-refractivity contribution in [3.63, 3.8) is 0 Å². The molecular formula is C34H42F3N5O2. The van der Waals surface area contributed by atoms with Gasteiger partial charge in [0.2, 0.25) is 0 Å². The van der Waals surface area contributed by atoms with Gasteiger partial charge in [-0.25, -0.2) is 22.9 Å². The van der Waals surface area contributed by atoms with Crippen LogP contribution in [0.3, 0.4) is 0 Å². The highest BCUT2D eigenvalue weighted by molar-refractivity contribution is 5.99. The summed E-state index contributed by atoms with van der Waals surface area (Å²) >= 11 is 0. The topological polar surface area (TPSA) is 85.2 Å². The molecule has 3 aromatic rings. The summed E-state index contributed by atoms with van der Waals surface area (Å²) in [7, 11) is 3.31. The number of ether oxygens (including phenoxy) is 1. The van der Waals surface area contributed by atoms with E-state index in [1.807, 2.05) is 23.6 Å². The lowest BCUT2D eigenvalue weighted by Gasteiger charge is -2.32. The van der Waals surface area contributed by atoms with Crippen LogP contribution in [0.1, 0.15) is 64.6 Å². The first-order valence-electron chi connectivity index (χ1n) is 14.8. The van der Waals surface area contributed by atoms with Gasteiger partial charge in [-0.3, -0.25) is 4.99 Å². The Morgan fingerprint density at radius 3 is 2.57 bits per heavy atom. The fourth-order valence-corrected chi connectivity index (χ4v) is 5.40. The third kappa shape index (κ3) is 7.34. The second-order valence-electron chi connectivity index (χ2n) is 12.5. The van der Waals surface area contributed by atoms with Gasteiger partial charge in [-0.2, -0.15) is 0 Å². The number of imidazole rings is 1. The highest BCUT2D eigenvalue weighted by Gasteiger charge is 2.32. The Balaban J connectivity index is 1.60. The molecule has 1 amide bonds. The van der Waals surface area contributed by atoms with E-state index in [1.165, 1.54) is 4.90 Å². The first kappa shape index (κ1) is 32.8. The molecule has 0 radical (unpaired) electrons. The summed E-state index contributed by atoms with van der Waals surface area (Å²) in [6, 6.07) is 6.32. The molecule has 0 spiro atoms. The molecule has 44 heavy (non-hydrogen) atoms. The monoisotopic (exact) mass is 609 g/mol. The van der Waals surface area contributed by atoms with Crippen molar-refractivity contribution in [1.29, 1.82) is 0 Å². The molecule has 2 aromatic heterocycles. The van der Waals surface area contributed by atoms with E-state index >= 15 is 4.39 Å². The minimum Gasteiger partial charge on any atom is -0.444 e. The predicted molar refractivity (Wildman–Crippen MR) is 168 cm³/mol. The zero-order valence-electron chi connectivity index (χ0n) is 26.4. The standard InChI is InChI=1S/C34H42F3N5O2/c1-20(23-15-24(35)16-23)32(38)26(21(2)39-6)9-8-10-28-27(12-13-29(36)31(28)37)22-11-14-30-40-17-25(42(30)18-22)19-41(7)33(43)44-34(3,4)5/h11-14,17-18,23-24H,1,8-10,15-16,19,38H2,2-7H3/b32-26-,39-21?. The number of halogens is 3. The molecule has 7 nitrogen and oxygen atoms in total. The van der Waals surface area contributed by atoms with Crippen molar-refractivity contribution in [3.05, 3.63) is 83.0 Å². The number of alkyl halides is 1. The number of pyridine rings is 1. The highest BCUT2D eigenvalue weighted by Crippen LogP contribution is 2.38. The van der Waals surface area contributed by atoms with E-state index in [0.29, 0.717) is 53.7 Å². The van der Waals surface area contributed by atoms with Gasteiger partial charge in [0.15, 0.2) is 11.6 Å². The molecule has 0 aliphatic heterocycles. The molecule has 1 fully saturated rings. The number of fused-ring (bicyclic) bond motifs is 1. The van der Waals surface area contributed by atoms with Crippen LogP contribution in [0, 0.1) is 17.6 Å². The van der Waals surface area contributed by atoms with Crippen molar-refractivity contribution in [1.82, 2.24) is 14.3 Å². The fourth-order valence-electron chi connectivity index (χ4n) is 5.40. The van der Waals surface area contributed by atoms with Gasteiger partial charge in [0, 0.05) is 31.7 Å². The maximum Gasteiger partial charge on any atom is 0.410 e. The van der Waals surface area contributed by atoms with Crippen LogP contribution >= 0.6 is 0 Å². The summed E-state index contributed by atoms with van der Waals surface area (Å²) in [5.74, 6) is -1.82. The maximum atomic E-state index is 15.3. The van der Waals surface area contributed by atoms with Gasteiger partial charge >= 0.3 is 6.09 Å². The summed E-state index contributed by atoms with van der Waals surface area (Å²) in [6.45, 7) is 11.6. The van der Waals surface area contributed by atoms with Crippen LogP contribution < -0.4 is 5.73 Å². The number of allylic oxidation sites excluding steroid dienone is 2. The maximum absolute atomic E-state index is 15.3. The summed E-state index contributed by atoms with van der Waals surface area (Å²) in [6.07, 6.45) is 4.20. The molecule has 1 aliphatic rings. The average Bonchev–Trinajstić information content (AvgIpc) is 3.35. The van der Waals surface area contributed by atoms with Crippen molar-refractivity contribution in [3.8, 4) is 11.1 Å². The smallest absolute Gasteiger partial charge is 0.410 e. The zero-order valence-corrected chi connectivity index (χ0v) is 26.4. The summed E-state index contributed by atoms with van der Waals surface area (Å²) in [5.41, 5.74) is 11.4. The number of hydrogen-bond acceptors (Lipinski definition) is 5. The van der Waals surface area contributed by atoms with Crippen LogP contribution in [-0.4, -0.2) is 52.0 Å². The predicted octanol–water partition coefficient (Wildman–Crippen LogP) is 7.58. The summed E-state index contributed by atoms with van der Waals surface area (Å²) < 4.78 is 50.6. The van der Waals surface area contributed by atoms with Crippen LogP contribution in [-0.2, 0) is 17.7 Å². The number of carbonyl (C=O) groups is 1. The second-order valence-corrected chi connectivity index (χ2v) is 12.5. The summed E-state index contributed by atoms with van der Waals surface area (Å²) in [4.78, 5) is 22.7. The van der Waals surface area contributed by atoms with Crippen LogP contribution in [0.25, 0.3) is 16.8 Å². The van der Waals surface area contributed by atoms with Crippen molar-refractivity contribution < 1.29 is 22.7 Å². The fraction of sp³-hybridized carbons (Fsp3) is 0.441. The Morgan fingerprint density at radius 1 is 1.23 bits per heavy atom. The van der Waals surface area contributed by atoms with E-state index in [2.05, 4.69) is 16.6 Å². The molecule has 1 saturated carbocycles. The molecule has 1 aliphatic carbocycles. The minimum absolute atomic E-state index is 0.00355. The average molecular weight is 610 g/mol. The lowest BCUT2D eigenvalue weighted by atomic mass is 9.76. The Kier molecular flexibility index (Phi) is 9.91. The molecular weight excluding hydrogens is 567 g/mol. The lowest BCUT2D eigenvalue weighted by Crippen LogP contribution is -2.34. The number of carbonyl (C=O) groups excluding carboxylic acids is 1. The first-order valence-corrected chi connectivity index (χ1v) is 14.8. The van der Waals surface area contributed by atoms with Crippen molar-refractivity contribution in [2.45, 2.75) is 78.1 Å².